The van der Waals surface area contributed by atoms with Crippen molar-refractivity contribution in [2.75, 3.05) is 17.7 Å². The van der Waals surface area contributed by atoms with Crippen LogP contribution in [-0.4, -0.2) is 35.2 Å². The van der Waals surface area contributed by atoms with Gasteiger partial charge in [-0.1, -0.05) is 37.0 Å². The third-order valence-corrected chi connectivity index (χ3v) is 4.93. The zero-order valence-electron chi connectivity index (χ0n) is 14.8. The summed E-state index contributed by atoms with van der Waals surface area (Å²) in [5, 5.41) is 2.98. The molecule has 4 nitrogen and oxygen atoms in total. The van der Waals surface area contributed by atoms with E-state index >= 15 is 0 Å². The van der Waals surface area contributed by atoms with E-state index in [-0.39, 0.29) is 30.3 Å². The molecular formula is C19H27ClN2O2. The molecule has 0 radical (unpaired) electrons. The Morgan fingerprint density at radius 1 is 1.12 bits per heavy atom. The Hall–Kier alpha value is -1.55. The number of carbonyl (C=O) groups excluding carboxylic acids is 2. The average molecular weight is 351 g/mol. The van der Waals surface area contributed by atoms with Gasteiger partial charge >= 0.3 is 0 Å². The van der Waals surface area contributed by atoms with Gasteiger partial charge in [0.15, 0.2) is 0 Å². The maximum absolute atomic E-state index is 12.5. The first-order valence-electron chi connectivity index (χ1n) is 8.65. The van der Waals surface area contributed by atoms with Gasteiger partial charge in [0.1, 0.15) is 12.4 Å². The molecule has 1 aliphatic rings. The molecule has 0 saturated heterocycles. The van der Waals surface area contributed by atoms with E-state index < -0.39 is 0 Å². The Kier molecular flexibility index (Phi) is 6.67. The number of nitrogens with one attached hydrogen (secondary N) is 1. The minimum absolute atomic E-state index is 0.0724. The molecule has 1 aromatic carbocycles. The Morgan fingerprint density at radius 2 is 1.71 bits per heavy atom. The van der Waals surface area contributed by atoms with Crippen LogP contribution in [0, 0.1) is 20.8 Å². The molecule has 0 heterocycles. The average Bonchev–Trinajstić information content (AvgIpc) is 2.56. The zero-order chi connectivity index (χ0) is 17.7. The van der Waals surface area contributed by atoms with Crippen LogP contribution in [0.1, 0.15) is 48.8 Å². The fourth-order valence-corrected chi connectivity index (χ4v) is 3.75. The molecule has 1 aliphatic carbocycles. The van der Waals surface area contributed by atoms with Crippen LogP contribution in [0.15, 0.2) is 12.1 Å². The second-order valence-corrected chi connectivity index (χ2v) is 7.04. The van der Waals surface area contributed by atoms with Crippen LogP contribution in [0.4, 0.5) is 5.69 Å². The van der Waals surface area contributed by atoms with Crippen molar-refractivity contribution < 1.29 is 9.59 Å². The number of benzene rings is 1. The lowest BCUT2D eigenvalue weighted by molar-refractivity contribution is -0.135. The summed E-state index contributed by atoms with van der Waals surface area (Å²) in [7, 11) is 0. The Labute approximate surface area is 149 Å². The highest BCUT2D eigenvalue weighted by Gasteiger charge is 2.27. The molecule has 0 aliphatic heterocycles. The summed E-state index contributed by atoms with van der Waals surface area (Å²) in [6, 6.07) is 4.23. The molecular weight excluding hydrogens is 324 g/mol. The van der Waals surface area contributed by atoms with Crippen molar-refractivity contribution >= 4 is 29.1 Å². The van der Waals surface area contributed by atoms with Gasteiger partial charge in [0.25, 0.3) is 0 Å². The molecule has 0 spiro atoms. The first-order chi connectivity index (χ1) is 11.4. The van der Waals surface area contributed by atoms with Gasteiger partial charge in [0.05, 0.1) is 0 Å². The number of halogens is 1. The number of nitrogens with zero attached hydrogens (tertiary/aromatic N) is 1. The first kappa shape index (κ1) is 18.8. The highest BCUT2D eigenvalue weighted by molar-refractivity contribution is 6.27. The SMILES string of the molecule is Cc1cc(C)c(NC(=O)CN(C(=O)CCl)C2CCCCC2)c(C)c1. The van der Waals surface area contributed by atoms with E-state index in [1.165, 1.54) is 12.0 Å². The Morgan fingerprint density at radius 3 is 2.25 bits per heavy atom. The fourth-order valence-electron chi connectivity index (χ4n) is 3.60. The summed E-state index contributed by atoms with van der Waals surface area (Å²) >= 11 is 5.75. The lowest BCUT2D eigenvalue weighted by atomic mass is 9.94. The number of rotatable bonds is 5. The van der Waals surface area contributed by atoms with Gasteiger partial charge in [-0.25, -0.2) is 0 Å². The van der Waals surface area contributed by atoms with Gasteiger partial charge in [-0.3, -0.25) is 9.59 Å². The predicted molar refractivity (Wildman–Crippen MR) is 98.6 cm³/mol. The number of amides is 2. The summed E-state index contributed by atoms with van der Waals surface area (Å²) in [6.45, 7) is 6.08. The minimum Gasteiger partial charge on any atom is -0.329 e. The molecule has 1 saturated carbocycles. The topological polar surface area (TPSA) is 49.4 Å². The fraction of sp³-hybridized carbons (Fsp3) is 0.579. The largest absolute Gasteiger partial charge is 0.329 e. The summed E-state index contributed by atoms with van der Waals surface area (Å²) in [5.74, 6) is -0.392. The van der Waals surface area contributed by atoms with Crippen molar-refractivity contribution in [3.05, 3.63) is 28.8 Å². The van der Waals surface area contributed by atoms with E-state index in [9.17, 15) is 9.59 Å². The molecule has 1 aromatic rings. The summed E-state index contributed by atoms with van der Waals surface area (Å²) in [6.07, 6.45) is 5.33. The van der Waals surface area contributed by atoms with E-state index in [4.69, 9.17) is 11.6 Å². The number of anilines is 1. The molecule has 2 rings (SSSR count). The van der Waals surface area contributed by atoms with Gasteiger partial charge in [-0.15, -0.1) is 11.6 Å². The third kappa shape index (κ3) is 4.73. The van der Waals surface area contributed by atoms with E-state index in [1.54, 1.807) is 4.90 Å². The standard InChI is InChI=1S/C19H27ClN2O2/c1-13-9-14(2)19(15(3)10-13)21-17(23)12-22(18(24)11-20)16-7-5-4-6-8-16/h9-10,16H,4-8,11-12H2,1-3H3,(H,21,23). The molecule has 1 fully saturated rings. The van der Waals surface area contributed by atoms with Crippen LogP contribution in [0.5, 0.6) is 0 Å². The van der Waals surface area contributed by atoms with Gasteiger partial charge in [-0.05, 0) is 44.7 Å². The highest BCUT2D eigenvalue weighted by atomic mass is 35.5. The molecule has 0 aromatic heterocycles. The van der Waals surface area contributed by atoms with E-state index in [1.807, 2.05) is 32.9 Å². The molecule has 0 bridgehead atoms. The van der Waals surface area contributed by atoms with Crippen molar-refractivity contribution in [2.24, 2.45) is 0 Å². The lowest BCUT2D eigenvalue weighted by Gasteiger charge is -2.33. The van der Waals surface area contributed by atoms with Gasteiger partial charge < -0.3 is 10.2 Å². The van der Waals surface area contributed by atoms with Crippen LogP contribution in [0.25, 0.3) is 0 Å². The number of aryl methyl sites for hydroxylation is 3. The zero-order valence-corrected chi connectivity index (χ0v) is 15.6. The van der Waals surface area contributed by atoms with E-state index in [0.717, 1.165) is 42.5 Å². The Balaban J connectivity index is 2.09. The van der Waals surface area contributed by atoms with Crippen molar-refractivity contribution in [3.63, 3.8) is 0 Å². The van der Waals surface area contributed by atoms with Crippen molar-refractivity contribution in [3.8, 4) is 0 Å². The molecule has 132 valence electrons. The lowest BCUT2D eigenvalue weighted by Crippen LogP contribution is -2.46. The van der Waals surface area contributed by atoms with Gasteiger partial charge in [0, 0.05) is 11.7 Å². The normalized spacial score (nSPS) is 15.2. The minimum atomic E-state index is -0.158. The smallest absolute Gasteiger partial charge is 0.244 e. The van der Waals surface area contributed by atoms with E-state index in [0.29, 0.717) is 0 Å². The van der Waals surface area contributed by atoms with Crippen molar-refractivity contribution in [2.45, 2.75) is 58.9 Å². The summed E-state index contributed by atoms with van der Waals surface area (Å²) in [5.41, 5.74) is 4.08. The maximum atomic E-state index is 12.5. The predicted octanol–water partition coefficient (Wildman–Crippen LogP) is 3.95. The number of hydrogen-bond acceptors (Lipinski definition) is 2. The number of hydrogen-bond donors (Lipinski definition) is 1. The monoisotopic (exact) mass is 350 g/mol. The first-order valence-corrected chi connectivity index (χ1v) is 9.19. The van der Waals surface area contributed by atoms with Gasteiger partial charge in [0.2, 0.25) is 11.8 Å². The van der Waals surface area contributed by atoms with Crippen molar-refractivity contribution in [1.82, 2.24) is 4.90 Å². The third-order valence-electron chi connectivity index (χ3n) is 4.71. The maximum Gasteiger partial charge on any atom is 0.244 e. The van der Waals surface area contributed by atoms with Crippen LogP contribution in [-0.2, 0) is 9.59 Å². The molecule has 24 heavy (non-hydrogen) atoms. The van der Waals surface area contributed by atoms with Crippen LogP contribution in [0.2, 0.25) is 0 Å². The quantitative estimate of drug-likeness (QED) is 0.817. The van der Waals surface area contributed by atoms with Gasteiger partial charge in [-0.2, -0.15) is 0 Å². The van der Waals surface area contributed by atoms with Crippen LogP contribution in [0.3, 0.4) is 0 Å². The molecule has 0 unspecified atom stereocenters. The highest BCUT2D eigenvalue weighted by Crippen LogP contribution is 2.24. The molecule has 0 atom stereocenters. The number of alkyl halides is 1. The number of carbonyl (C=O) groups is 2. The van der Waals surface area contributed by atoms with Crippen molar-refractivity contribution in [1.29, 1.82) is 0 Å². The second-order valence-electron chi connectivity index (χ2n) is 6.77. The molecule has 5 heteroatoms. The summed E-state index contributed by atoms with van der Waals surface area (Å²) in [4.78, 5) is 26.4. The second kappa shape index (κ2) is 8.52. The molecule has 2 amide bonds. The summed E-state index contributed by atoms with van der Waals surface area (Å²) < 4.78 is 0. The van der Waals surface area contributed by atoms with Crippen LogP contribution >= 0.6 is 11.6 Å². The molecule has 1 N–H and O–H groups in total. The Bertz CT molecular complexity index is 586. The van der Waals surface area contributed by atoms with E-state index in [2.05, 4.69) is 5.32 Å². The van der Waals surface area contributed by atoms with Crippen LogP contribution < -0.4 is 5.32 Å².